The van der Waals surface area contributed by atoms with Crippen LogP contribution in [0.3, 0.4) is 0 Å². The molecular formula is C8H18BrNO5. The van der Waals surface area contributed by atoms with E-state index in [0.717, 1.165) is 0 Å². The van der Waals surface area contributed by atoms with E-state index in [1.54, 1.807) is 6.92 Å². The largest absolute Gasteiger partial charge is 1.00 e. The van der Waals surface area contributed by atoms with E-state index in [0.29, 0.717) is 13.2 Å². The second kappa shape index (κ2) is 6.74. The van der Waals surface area contributed by atoms with Crippen LogP contribution in [-0.2, 0) is 9.47 Å². The molecule has 6 nitrogen and oxygen atoms in total. The first-order valence-corrected chi connectivity index (χ1v) is 4.68. The lowest BCUT2D eigenvalue weighted by Crippen LogP contribution is -3.00. The van der Waals surface area contributed by atoms with Crippen molar-refractivity contribution in [3.63, 3.8) is 0 Å². The van der Waals surface area contributed by atoms with Crippen LogP contribution in [0.2, 0.25) is 0 Å². The summed E-state index contributed by atoms with van der Waals surface area (Å²) in [5, 5.41) is 28.2. The van der Waals surface area contributed by atoms with E-state index in [2.05, 4.69) is 5.73 Å². The van der Waals surface area contributed by atoms with Gasteiger partial charge in [-0.25, -0.2) is 0 Å². The Morgan fingerprint density at radius 2 is 1.80 bits per heavy atom. The highest BCUT2D eigenvalue weighted by Crippen LogP contribution is 2.21. The average Bonchev–Trinajstić information content (AvgIpc) is 2.18. The summed E-state index contributed by atoms with van der Waals surface area (Å²) in [5.74, 6) is 0. The molecule has 1 rings (SSSR count). The Labute approximate surface area is 98.8 Å². The van der Waals surface area contributed by atoms with Gasteiger partial charge in [-0.3, -0.25) is 0 Å². The van der Waals surface area contributed by atoms with Crippen LogP contribution in [-0.4, -0.2) is 59.2 Å². The first kappa shape index (κ1) is 15.2. The van der Waals surface area contributed by atoms with E-state index < -0.39 is 30.7 Å². The molecule has 5 unspecified atom stereocenters. The summed E-state index contributed by atoms with van der Waals surface area (Å²) in [5.41, 5.74) is 3.57. The smallest absolute Gasteiger partial charge is 0.186 e. The summed E-state index contributed by atoms with van der Waals surface area (Å²) in [7, 11) is 0. The summed E-state index contributed by atoms with van der Waals surface area (Å²) in [6.07, 6.45) is -4.96. The van der Waals surface area contributed by atoms with Gasteiger partial charge >= 0.3 is 0 Å². The van der Waals surface area contributed by atoms with Gasteiger partial charge in [-0.15, -0.1) is 0 Å². The molecule has 92 valence electrons. The van der Waals surface area contributed by atoms with Crippen LogP contribution in [0.15, 0.2) is 0 Å². The Kier molecular flexibility index (Phi) is 6.85. The van der Waals surface area contributed by atoms with Crippen molar-refractivity contribution in [2.75, 3.05) is 13.2 Å². The molecule has 0 aromatic carbocycles. The van der Waals surface area contributed by atoms with Crippen LogP contribution in [0.5, 0.6) is 0 Å². The predicted molar refractivity (Wildman–Crippen MR) is 46.1 cm³/mol. The highest BCUT2D eigenvalue weighted by atomic mass is 79.9. The van der Waals surface area contributed by atoms with E-state index in [1.807, 2.05) is 0 Å². The molecule has 1 aliphatic heterocycles. The van der Waals surface area contributed by atoms with Crippen LogP contribution in [0.25, 0.3) is 0 Å². The van der Waals surface area contributed by atoms with Crippen molar-refractivity contribution >= 4 is 0 Å². The second-order valence-electron chi connectivity index (χ2n) is 3.41. The first-order valence-electron chi connectivity index (χ1n) is 4.68. The predicted octanol–water partition coefficient (Wildman–Crippen LogP) is -5.92. The molecule has 0 bridgehead atoms. The van der Waals surface area contributed by atoms with Gasteiger partial charge in [0.2, 0.25) is 0 Å². The minimum Gasteiger partial charge on any atom is -1.00 e. The minimum atomic E-state index is -1.23. The van der Waals surface area contributed by atoms with Crippen molar-refractivity contribution < 1.29 is 47.5 Å². The van der Waals surface area contributed by atoms with Gasteiger partial charge in [-0.2, -0.15) is 0 Å². The van der Waals surface area contributed by atoms with Gasteiger partial charge in [0.15, 0.2) is 6.29 Å². The Morgan fingerprint density at radius 1 is 1.20 bits per heavy atom. The van der Waals surface area contributed by atoms with Crippen LogP contribution in [0.4, 0.5) is 0 Å². The molecule has 6 N–H and O–H groups in total. The van der Waals surface area contributed by atoms with Crippen molar-refractivity contribution in [2.45, 2.75) is 37.6 Å². The van der Waals surface area contributed by atoms with Gasteiger partial charge in [0.1, 0.15) is 18.3 Å². The number of ether oxygens (including phenoxy) is 2. The third-order valence-corrected chi connectivity index (χ3v) is 2.23. The van der Waals surface area contributed by atoms with E-state index in [1.165, 1.54) is 0 Å². The third kappa shape index (κ3) is 3.63. The van der Waals surface area contributed by atoms with Crippen molar-refractivity contribution in [1.82, 2.24) is 0 Å². The summed E-state index contributed by atoms with van der Waals surface area (Å²) < 4.78 is 10.3. The molecule has 1 saturated heterocycles. The molecular weight excluding hydrogens is 270 g/mol. The molecule has 0 radical (unpaired) electrons. The summed E-state index contributed by atoms with van der Waals surface area (Å²) in [6.45, 7) is 2.51. The Bertz CT molecular complexity index is 184. The maximum Gasteiger partial charge on any atom is 0.186 e. The molecule has 0 aromatic rings. The normalized spacial score (nSPS) is 41.0. The van der Waals surface area contributed by atoms with Gasteiger partial charge in [0, 0.05) is 0 Å². The zero-order valence-electron chi connectivity index (χ0n) is 8.54. The fourth-order valence-electron chi connectivity index (χ4n) is 1.35. The molecule has 5 atom stereocenters. The number of hydrogen-bond acceptors (Lipinski definition) is 5. The molecule has 7 heteroatoms. The zero-order valence-corrected chi connectivity index (χ0v) is 10.1. The van der Waals surface area contributed by atoms with Gasteiger partial charge in [0.05, 0.1) is 19.3 Å². The summed E-state index contributed by atoms with van der Waals surface area (Å²) in [6, 6.07) is 0. The topological polar surface area (TPSA) is 107 Å². The maximum atomic E-state index is 9.47. The number of quaternary nitrogens is 1. The SMILES string of the molecule is CC1OC(OCC[NH3+])C(O)C(O)C1O.[Br-]. The van der Waals surface area contributed by atoms with E-state index in [9.17, 15) is 15.3 Å². The Hall–Kier alpha value is 0.240. The van der Waals surface area contributed by atoms with Gasteiger partial charge in [0.25, 0.3) is 0 Å². The van der Waals surface area contributed by atoms with Gasteiger partial charge in [-0.1, -0.05) is 0 Å². The quantitative estimate of drug-likeness (QED) is 0.414. The molecule has 0 aromatic heterocycles. The molecule has 0 saturated carbocycles. The van der Waals surface area contributed by atoms with Crippen molar-refractivity contribution in [1.29, 1.82) is 0 Å². The average molecular weight is 288 g/mol. The molecule has 15 heavy (non-hydrogen) atoms. The highest BCUT2D eigenvalue weighted by Gasteiger charge is 2.42. The standard InChI is InChI=1S/C8H17NO5.BrH/c1-4-5(10)6(11)7(12)8(14-4)13-3-2-9;/h4-8,10-12H,2-3,9H2,1H3;1H. The van der Waals surface area contributed by atoms with Gasteiger partial charge in [-0.05, 0) is 6.92 Å². The lowest BCUT2D eigenvalue weighted by molar-refractivity contribution is -0.385. The fraction of sp³-hybridized carbons (Fsp3) is 1.00. The van der Waals surface area contributed by atoms with E-state index >= 15 is 0 Å². The van der Waals surface area contributed by atoms with Crippen LogP contribution in [0, 0.1) is 0 Å². The van der Waals surface area contributed by atoms with Crippen molar-refractivity contribution in [3.05, 3.63) is 0 Å². The maximum absolute atomic E-state index is 9.47. The minimum absolute atomic E-state index is 0. The van der Waals surface area contributed by atoms with Crippen molar-refractivity contribution in [2.24, 2.45) is 0 Å². The molecule has 0 aliphatic carbocycles. The van der Waals surface area contributed by atoms with Crippen molar-refractivity contribution in [3.8, 4) is 0 Å². The Morgan fingerprint density at radius 3 is 2.33 bits per heavy atom. The monoisotopic (exact) mass is 287 g/mol. The zero-order chi connectivity index (χ0) is 10.7. The molecule has 0 spiro atoms. The molecule has 1 fully saturated rings. The number of halogens is 1. The Balaban J connectivity index is 0.00000196. The summed E-state index contributed by atoms with van der Waals surface area (Å²) >= 11 is 0. The van der Waals surface area contributed by atoms with E-state index in [4.69, 9.17) is 9.47 Å². The lowest BCUT2D eigenvalue weighted by Gasteiger charge is -2.38. The summed E-state index contributed by atoms with van der Waals surface area (Å²) in [4.78, 5) is 0. The van der Waals surface area contributed by atoms with Crippen LogP contribution >= 0.6 is 0 Å². The number of aliphatic hydroxyl groups excluding tert-OH is 3. The lowest BCUT2D eigenvalue weighted by atomic mass is 10.0. The van der Waals surface area contributed by atoms with E-state index in [-0.39, 0.29) is 17.0 Å². The second-order valence-corrected chi connectivity index (χ2v) is 3.41. The van der Waals surface area contributed by atoms with Crippen LogP contribution < -0.4 is 22.7 Å². The highest BCUT2D eigenvalue weighted by molar-refractivity contribution is 4.86. The third-order valence-electron chi connectivity index (χ3n) is 2.23. The number of hydrogen-bond donors (Lipinski definition) is 4. The number of aliphatic hydroxyl groups is 3. The molecule has 1 aliphatic rings. The first-order chi connectivity index (χ1) is 6.57. The fourth-order valence-corrected chi connectivity index (χ4v) is 1.35. The molecule has 0 amide bonds. The molecule has 1 heterocycles. The van der Waals surface area contributed by atoms with Gasteiger partial charge < -0.3 is 47.5 Å². The van der Waals surface area contributed by atoms with Crippen LogP contribution in [0.1, 0.15) is 6.92 Å². The number of rotatable bonds is 3.